The van der Waals surface area contributed by atoms with Gasteiger partial charge in [0.15, 0.2) is 11.5 Å². The molecule has 0 amide bonds. The molecule has 7 nitrogen and oxygen atoms in total. The molecule has 0 unspecified atom stereocenters. The first-order chi connectivity index (χ1) is 17.8. The average molecular weight is 492 g/mol. The van der Waals surface area contributed by atoms with Crippen molar-refractivity contribution < 1.29 is 0 Å². The van der Waals surface area contributed by atoms with Crippen molar-refractivity contribution in [3.8, 4) is 33.1 Å². The molecule has 1 aromatic carbocycles. The van der Waals surface area contributed by atoms with Gasteiger partial charge >= 0.3 is 0 Å². The second-order valence-corrected chi connectivity index (χ2v) is 10.4. The lowest BCUT2D eigenvalue weighted by molar-refractivity contribution is 0.372. The lowest BCUT2D eigenvalue weighted by Gasteiger charge is -2.22. The second-order valence-electron chi connectivity index (χ2n) is 9.43. The molecule has 6 heterocycles. The number of benzene rings is 1. The topological polar surface area (TPSA) is 95.2 Å². The molecule has 1 aliphatic rings. The van der Waals surface area contributed by atoms with Crippen LogP contribution in [-0.4, -0.2) is 43.2 Å². The SMILES string of the molecule is c1csc(-c2ccnc3nc(-c4n[nH]c5ccc(-c6cncc(CC7CCNCC7)c6)cc45)[nH]c23)c1. The van der Waals surface area contributed by atoms with Crippen molar-refractivity contribution in [2.24, 2.45) is 5.92 Å². The van der Waals surface area contributed by atoms with Crippen LogP contribution in [0.5, 0.6) is 0 Å². The fraction of sp³-hybridized carbons (Fsp3) is 0.214. The van der Waals surface area contributed by atoms with Gasteiger partial charge in [0.2, 0.25) is 0 Å². The molecule has 5 aromatic heterocycles. The number of piperidine rings is 1. The van der Waals surface area contributed by atoms with Gasteiger partial charge in [0.1, 0.15) is 5.69 Å². The normalized spacial score (nSPS) is 14.7. The summed E-state index contributed by atoms with van der Waals surface area (Å²) in [7, 11) is 0. The molecule has 7 rings (SSSR count). The number of fused-ring (bicyclic) bond motifs is 2. The first kappa shape index (κ1) is 21.4. The van der Waals surface area contributed by atoms with Crippen LogP contribution in [0.3, 0.4) is 0 Å². The molecular formula is C28H25N7S. The number of nitrogens with zero attached hydrogens (tertiary/aromatic N) is 4. The zero-order chi connectivity index (χ0) is 23.9. The van der Waals surface area contributed by atoms with Crippen molar-refractivity contribution >= 4 is 33.4 Å². The summed E-state index contributed by atoms with van der Waals surface area (Å²) < 4.78 is 0. The molecule has 0 bridgehead atoms. The van der Waals surface area contributed by atoms with E-state index in [1.807, 2.05) is 24.7 Å². The summed E-state index contributed by atoms with van der Waals surface area (Å²) in [4.78, 5) is 18.5. The number of pyridine rings is 2. The zero-order valence-electron chi connectivity index (χ0n) is 19.7. The molecule has 1 aliphatic heterocycles. The summed E-state index contributed by atoms with van der Waals surface area (Å²) in [6, 6.07) is 14.9. The van der Waals surface area contributed by atoms with E-state index in [4.69, 9.17) is 4.98 Å². The van der Waals surface area contributed by atoms with Gasteiger partial charge in [-0.25, -0.2) is 9.97 Å². The van der Waals surface area contributed by atoms with Crippen molar-refractivity contribution in [2.75, 3.05) is 13.1 Å². The van der Waals surface area contributed by atoms with E-state index in [1.165, 1.54) is 23.3 Å². The van der Waals surface area contributed by atoms with Crippen LogP contribution < -0.4 is 5.32 Å². The number of rotatable bonds is 5. The third-order valence-corrected chi connectivity index (χ3v) is 7.98. The van der Waals surface area contributed by atoms with Crippen LogP contribution in [0, 0.1) is 5.92 Å². The lowest BCUT2D eigenvalue weighted by Crippen LogP contribution is -2.28. The quantitative estimate of drug-likeness (QED) is 0.282. The van der Waals surface area contributed by atoms with Gasteiger partial charge in [-0.15, -0.1) is 11.3 Å². The summed E-state index contributed by atoms with van der Waals surface area (Å²) in [5.41, 5.74) is 8.04. The van der Waals surface area contributed by atoms with Gasteiger partial charge in [0.25, 0.3) is 0 Å². The number of thiophene rings is 1. The fourth-order valence-corrected chi connectivity index (χ4v) is 5.97. The van der Waals surface area contributed by atoms with Crippen LogP contribution in [0.4, 0.5) is 0 Å². The summed E-state index contributed by atoms with van der Waals surface area (Å²) in [5.74, 6) is 1.44. The van der Waals surface area contributed by atoms with E-state index >= 15 is 0 Å². The Hall–Kier alpha value is -3.88. The van der Waals surface area contributed by atoms with E-state index in [0.717, 1.165) is 64.2 Å². The Bertz CT molecular complexity index is 1660. The Balaban J connectivity index is 1.26. The molecule has 3 N–H and O–H groups in total. The molecule has 0 saturated carbocycles. The number of hydrogen-bond donors (Lipinski definition) is 3. The molecule has 0 atom stereocenters. The highest BCUT2D eigenvalue weighted by atomic mass is 32.1. The third kappa shape index (κ3) is 3.88. The highest BCUT2D eigenvalue weighted by Crippen LogP contribution is 2.34. The average Bonchev–Trinajstić information content (AvgIpc) is 3.68. The Kier molecular flexibility index (Phi) is 5.33. The molecule has 0 aliphatic carbocycles. The van der Waals surface area contributed by atoms with Crippen LogP contribution in [-0.2, 0) is 6.42 Å². The number of nitrogens with one attached hydrogen (secondary N) is 3. The fourth-order valence-electron chi connectivity index (χ4n) is 5.21. The van der Waals surface area contributed by atoms with Crippen LogP contribution in [0.1, 0.15) is 18.4 Å². The van der Waals surface area contributed by atoms with Gasteiger partial charge in [-0.3, -0.25) is 10.1 Å². The van der Waals surface area contributed by atoms with Crippen molar-refractivity contribution in [2.45, 2.75) is 19.3 Å². The molecular weight excluding hydrogens is 466 g/mol. The van der Waals surface area contributed by atoms with Gasteiger partial charge in [-0.05, 0) is 85.1 Å². The lowest BCUT2D eigenvalue weighted by atomic mass is 9.91. The highest BCUT2D eigenvalue weighted by Gasteiger charge is 2.17. The standard InChI is InChI=1S/C28H25N7S/c1-2-24(36-11-1)21-7-10-31-27-25(21)32-28(33-27)26-22-14-19(3-4-23(22)34-35-26)20-13-18(15-30-16-20)12-17-5-8-29-9-6-17/h1-4,7,10-11,13-17,29H,5-6,8-9,12H2,(H,34,35)(H,31,32,33). The number of H-pyrrole nitrogens is 2. The monoisotopic (exact) mass is 491 g/mol. The molecule has 6 aromatic rings. The Morgan fingerprint density at radius 3 is 2.83 bits per heavy atom. The maximum absolute atomic E-state index is 4.80. The second kappa shape index (κ2) is 8.96. The molecule has 0 radical (unpaired) electrons. The maximum Gasteiger partial charge on any atom is 0.178 e. The van der Waals surface area contributed by atoms with E-state index in [0.29, 0.717) is 11.5 Å². The van der Waals surface area contributed by atoms with Crippen molar-refractivity contribution in [1.29, 1.82) is 0 Å². The molecule has 178 valence electrons. The van der Waals surface area contributed by atoms with Crippen molar-refractivity contribution in [1.82, 2.24) is 35.5 Å². The Labute approximate surface area is 212 Å². The van der Waals surface area contributed by atoms with E-state index in [2.05, 4.69) is 72.2 Å². The Morgan fingerprint density at radius 2 is 1.94 bits per heavy atom. The van der Waals surface area contributed by atoms with E-state index in [9.17, 15) is 0 Å². The molecule has 8 heteroatoms. The van der Waals surface area contributed by atoms with Crippen LogP contribution in [0.15, 0.2) is 66.4 Å². The minimum atomic E-state index is 0.693. The van der Waals surface area contributed by atoms with Gasteiger partial charge in [0, 0.05) is 40.0 Å². The maximum atomic E-state index is 4.80. The largest absolute Gasteiger partial charge is 0.335 e. The van der Waals surface area contributed by atoms with Gasteiger partial charge in [-0.2, -0.15) is 5.10 Å². The minimum absolute atomic E-state index is 0.693. The van der Waals surface area contributed by atoms with Gasteiger partial charge in [-0.1, -0.05) is 12.1 Å². The molecule has 36 heavy (non-hydrogen) atoms. The summed E-state index contributed by atoms with van der Waals surface area (Å²) in [5, 5.41) is 14.3. The third-order valence-electron chi connectivity index (χ3n) is 7.08. The van der Waals surface area contributed by atoms with Gasteiger partial charge in [0.05, 0.1) is 11.0 Å². The van der Waals surface area contributed by atoms with Crippen molar-refractivity contribution in [3.63, 3.8) is 0 Å². The summed E-state index contributed by atoms with van der Waals surface area (Å²) in [6.07, 6.45) is 9.32. The first-order valence-electron chi connectivity index (χ1n) is 12.3. The summed E-state index contributed by atoms with van der Waals surface area (Å²) in [6.45, 7) is 2.23. The predicted octanol–water partition coefficient (Wildman–Crippen LogP) is 5.83. The van der Waals surface area contributed by atoms with Crippen LogP contribution in [0.2, 0.25) is 0 Å². The number of hydrogen-bond acceptors (Lipinski definition) is 6. The van der Waals surface area contributed by atoms with Crippen LogP contribution >= 0.6 is 11.3 Å². The van der Waals surface area contributed by atoms with Gasteiger partial charge < -0.3 is 10.3 Å². The zero-order valence-corrected chi connectivity index (χ0v) is 20.5. The van der Waals surface area contributed by atoms with E-state index in [-0.39, 0.29) is 0 Å². The summed E-state index contributed by atoms with van der Waals surface area (Å²) >= 11 is 1.71. The molecule has 1 saturated heterocycles. The Morgan fingerprint density at radius 1 is 1.00 bits per heavy atom. The number of aromatic nitrogens is 6. The highest BCUT2D eigenvalue weighted by molar-refractivity contribution is 7.13. The van der Waals surface area contributed by atoms with E-state index < -0.39 is 0 Å². The number of imidazole rings is 1. The smallest absolute Gasteiger partial charge is 0.178 e. The van der Waals surface area contributed by atoms with Crippen LogP contribution in [0.25, 0.3) is 55.2 Å². The molecule has 1 fully saturated rings. The van der Waals surface area contributed by atoms with E-state index in [1.54, 1.807) is 11.3 Å². The first-order valence-corrected chi connectivity index (χ1v) is 13.2. The predicted molar refractivity (Wildman–Crippen MR) is 145 cm³/mol. The molecule has 0 spiro atoms. The minimum Gasteiger partial charge on any atom is -0.335 e. The van der Waals surface area contributed by atoms with Crippen molar-refractivity contribution in [3.05, 3.63) is 72.0 Å². The number of aromatic amines is 2.